The maximum atomic E-state index is 12.1. The van der Waals surface area contributed by atoms with E-state index in [1.807, 2.05) is 0 Å². The number of hydrogen-bond acceptors (Lipinski definition) is 4. The van der Waals surface area contributed by atoms with E-state index in [4.69, 9.17) is 0 Å². The van der Waals surface area contributed by atoms with Crippen LogP contribution in [0.1, 0.15) is 38.1 Å². The largest absolute Gasteiger partial charge is 0.394 e. The van der Waals surface area contributed by atoms with Crippen LogP contribution in [0.4, 0.5) is 5.82 Å². The fourth-order valence-electron chi connectivity index (χ4n) is 2.33. The SMILES string of the molecule is O=c1c(NC2(CO)CCC2)nccn1C1CC1. The minimum Gasteiger partial charge on any atom is -0.394 e. The van der Waals surface area contributed by atoms with E-state index in [0.717, 1.165) is 32.1 Å². The number of aromatic nitrogens is 2. The van der Waals surface area contributed by atoms with Crippen molar-refractivity contribution in [1.29, 1.82) is 0 Å². The Morgan fingerprint density at radius 2 is 2.29 bits per heavy atom. The molecule has 2 aliphatic rings. The van der Waals surface area contributed by atoms with Gasteiger partial charge < -0.3 is 15.0 Å². The third-order valence-corrected chi connectivity index (χ3v) is 3.81. The van der Waals surface area contributed by atoms with Gasteiger partial charge in [-0.15, -0.1) is 0 Å². The van der Waals surface area contributed by atoms with Gasteiger partial charge in [0.25, 0.3) is 5.56 Å². The molecule has 1 aromatic rings. The van der Waals surface area contributed by atoms with Gasteiger partial charge in [0, 0.05) is 18.4 Å². The van der Waals surface area contributed by atoms with Gasteiger partial charge in [0.05, 0.1) is 12.1 Å². The van der Waals surface area contributed by atoms with Crippen LogP contribution in [-0.4, -0.2) is 26.8 Å². The van der Waals surface area contributed by atoms with Crippen LogP contribution in [0.3, 0.4) is 0 Å². The van der Waals surface area contributed by atoms with Crippen LogP contribution in [-0.2, 0) is 0 Å². The summed E-state index contributed by atoms with van der Waals surface area (Å²) < 4.78 is 1.75. The summed E-state index contributed by atoms with van der Waals surface area (Å²) in [5.74, 6) is 0.383. The van der Waals surface area contributed by atoms with Crippen molar-refractivity contribution in [2.75, 3.05) is 11.9 Å². The van der Waals surface area contributed by atoms with Gasteiger partial charge in [-0.2, -0.15) is 0 Å². The Morgan fingerprint density at radius 3 is 2.82 bits per heavy atom. The highest BCUT2D eigenvalue weighted by molar-refractivity contribution is 5.36. The maximum Gasteiger partial charge on any atom is 0.293 e. The Bertz CT molecular complexity index is 469. The van der Waals surface area contributed by atoms with Crippen molar-refractivity contribution in [1.82, 2.24) is 9.55 Å². The van der Waals surface area contributed by atoms with Gasteiger partial charge in [-0.3, -0.25) is 4.79 Å². The fraction of sp³-hybridized carbons (Fsp3) is 0.667. The molecular formula is C12H17N3O2. The van der Waals surface area contributed by atoms with E-state index in [2.05, 4.69) is 10.3 Å². The first kappa shape index (κ1) is 10.8. The Labute approximate surface area is 99.5 Å². The first-order chi connectivity index (χ1) is 8.24. The van der Waals surface area contributed by atoms with E-state index >= 15 is 0 Å². The van der Waals surface area contributed by atoms with Crippen molar-refractivity contribution in [3.8, 4) is 0 Å². The van der Waals surface area contributed by atoms with Crippen molar-refractivity contribution >= 4 is 5.82 Å². The third kappa shape index (κ3) is 1.84. The van der Waals surface area contributed by atoms with E-state index in [-0.39, 0.29) is 17.7 Å². The molecule has 1 heterocycles. The molecule has 2 fully saturated rings. The van der Waals surface area contributed by atoms with Gasteiger partial charge in [-0.05, 0) is 32.1 Å². The Kier molecular flexibility index (Phi) is 2.43. The normalized spacial score (nSPS) is 21.9. The second kappa shape index (κ2) is 3.84. The van der Waals surface area contributed by atoms with Crippen LogP contribution in [0.15, 0.2) is 17.2 Å². The summed E-state index contributed by atoms with van der Waals surface area (Å²) in [5, 5.41) is 12.5. The molecule has 0 amide bonds. The molecular weight excluding hydrogens is 218 g/mol. The Hall–Kier alpha value is -1.36. The van der Waals surface area contributed by atoms with E-state index in [9.17, 15) is 9.90 Å². The summed E-state index contributed by atoms with van der Waals surface area (Å²) in [6, 6.07) is 0.359. The van der Waals surface area contributed by atoms with E-state index in [1.165, 1.54) is 0 Å². The van der Waals surface area contributed by atoms with Crippen molar-refractivity contribution in [3.63, 3.8) is 0 Å². The maximum absolute atomic E-state index is 12.1. The van der Waals surface area contributed by atoms with Crippen LogP contribution >= 0.6 is 0 Å². The lowest BCUT2D eigenvalue weighted by Crippen LogP contribution is -2.50. The molecule has 0 unspecified atom stereocenters. The molecule has 5 nitrogen and oxygen atoms in total. The molecule has 0 aromatic carbocycles. The average Bonchev–Trinajstić information content (AvgIpc) is 3.09. The summed E-state index contributed by atoms with van der Waals surface area (Å²) in [4.78, 5) is 16.2. The lowest BCUT2D eigenvalue weighted by molar-refractivity contribution is 0.143. The standard InChI is InChI=1S/C12H17N3O2/c16-8-12(4-1-5-12)14-10-11(17)15(7-6-13-10)9-2-3-9/h6-7,9,16H,1-5,8H2,(H,13,14). The Morgan fingerprint density at radius 1 is 1.53 bits per heavy atom. The highest BCUT2D eigenvalue weighted by atomic mass is 16.3. The number of nitrogens with zero attached hydrogens (tertiary/aromatic N) is 2. The first-order valence-corrected chi connectivity index (χ1v) is 6.20. The molecule has 0 atom stereocenters. The molecule has 0 aliphatic heterocycles. The molecule has 1 aromatic heterocycles. The zero-order chi connectivity index (χ0) is 11.9. The highest BCUT2D eigenvalue weighted by Crippen LogP contribution is 2.35. The van der Waals surface area contributed by atoms with Crippen LogP contribution < -0.4 is 10.9 Å². The number of aliphatic hydroxyl groups excluding tert-OH is 1. The predicted molar refractivity (Wildman–Crippen MR) is 64.1 cm³/mol. The predicted octanol–water partition coefficient (Wildman–Crippen LogP) is 0.905. The molecule has 17 heavy (non-hydrogen) atoms. The summed E-state index contributed by atoms with van der Waals surface area (Å²) in [7, 11) is 0. The van der Waals surface area contributed by atoms with Gasteiger partial charge in [0.2, 0.25) is 0 Å². The average molecular weight is 235 g/mol. The van der Waals surface area contributed by atoms with Crippen LogP contribution in [0.5, 0.6) is 0 Å². The molecule has 0 radical (unpaired) electrons. The van der Waals surface area contributed by atoms with Crippen LogP contribution in [0, 0.1) is 0 Å². The summed E-state index contributed by atoms with van der Waals surface area (Å²) in [6.45, 7) is 0.0619. The molecule has 2 saturated carbocycles. The zero-order valence-electron chi connectivity index (χ0n) is 9.72. The van der Waals surface area contributed by atoms with E-state index in [1.54, 1.807) is 17.0 Å². The lowest BCUT2D eigenvalue weighted by Gasteiger charge is -2.41. The molecule has 3 rings (SSSR count). The Balaban J connectivity index is 1.87. The van der Waals surface area contributed by atoms with Gasteiger partial charge in [0.15, 0.2) is 5.82 Å². The van der Waals surface area contributed by atoms with Gasteiger partial charge in [-0.1, -0.05) is 0 Å². The molecule has 2 aliphatic carbocycles. The molecule has 2 N–H and O–H groups in total. The second-order valence-electron chi connectivity index (χ2n) is 5.14. The number of hydrogen-bond donors (Lipinski definition) is 2. The van der Waals surface area contributed by atoms with E-state index < -0.39 is 0 Å². The number of anilines is 1. The molecule has 92 valence electrons. The summed E-state index contributed by atoms with van der Waals surface area (Å²) >= 11 is 0. The molecule has 0 bridgehead atoms. The zero-order valence-corrected chi connectivity index (χ0v) is 9.72. The van der Waals surface area contributed by atoms with Gasteiger partial charge >= 0.3 is 0 Å². The van der Waals surface area contributed by atoms with Crippen molar-refractivity contribution in [2.45, 2.75) is 43.7 Å². The lowest BCUT2D eigenvalue weighted by atomic mass is 9.77. The monoisotopic (exact) mass is 235 g/mol. The number of nitrogens with one attached hydrogen (secondary N) is 1. The smallest absolute Gasteiger partial charge is 0.293 e. The van der Waals surface area contributed by atoms with Crippen molar-refractivity contribution < 1.29 is 5.11 Å². The van der Waals surface area contributed by atoms with Crippen LogP contribution in [0.25, 0.3) is 0 Å². The minimum absolute atomic E-state index is 0.0604. The summed E-state index contributed by atoms with van der Waals surface area (Å²) in [5.41, 5.74) is -0.371. The van der Waals surface area contributed by atoms with Crippen LogP contribution in [0.2, 0.25) is 0 Å². The first-order valence-electron chi connectivity index (χ1n) is 6.20. The second-order valence-corrected chi connectivity index (χ2v) is 5.14. The van der Waals surface area contributed by atoms with Crippen molar-refractivity contribution in [2.24, 2.45) is 0 Å². The van der Waals surface area contributed by atoms with E-state index in [0.29, 0.717) is 11.9 Å². The minimum atomic E-state index is -0.311. The third-order valence-electron chi connectivity index (χ3n) is 3.81. The number of rotatable bonds is 4. The summed E-state index contributed by atoms with van der Waals surface area (Å²) in [6.07, 6.45) is 8.47. The highest BCUT2D eigenvalue weighted by Gasteiger charge is 2.37. The topological polar surface area (TPSA) is 67.2 Å². The molecule has 0 saturated heterocycles. The molecule has 0 spiro atoms. The van der Waals surface area contributed by atoms with Gasteiger partial charge in [-0.25, -0.2) is 4.98 Å². The fourth-order valence-corrected chi connectivity index (χ4v) is 2.33. The quantitative estimate of drug-likeness (QED) is 0.814. The van der Waals surface area contributed by atoms with Crippen molar-refractivity contribution in [3.05, 3.63) is 22.7 Å². The molecule has 5 heteroatoms. The van der Waals surface area contributed by atoms with Gasteiger partial charge in [0.1, 0.15) is 0 Å². The number of aliphatic hydroxyl groups is 1.